The Morgan fingerprint density at radius 2 is 2.00 bits per heavy atom. The third-order valence-corrected chi connectivity index (χ3v) is 4.27. The van der Waals surface area contributed by atoms with Gasteiger partial charge in [0.1, 0.15) is 6.04 Å². The summed E-state index contributed by atoms with van der Waals surface area (Å²) in [6.45, 7) is 5.88. The van der Waals surface area contributed by atoms with Crippen LogP contribution < -0.4 is 5.32 Å². The quantitative estimate of drug-likeness (QED) is 0.840. The van der Waals surface area contributed by atoms with Crippen molar-refractivity contribution >= 4 is 34.9 Å². The molecule has 6 heteroatoms. The summed E-state index contributed by atoms with van der Waals surface area (Å²) in [5.74, 6) is -0.342. The van der Waals surface area contributed by atoms with Crippen LogP contribution in [0.4, 0.5) is 5.69 Å². The molecular formula is C17H21ClN2O3. The highest BCUT2D eigenvalue weighted by atomic mass is 35.5. The molecule has 1 heterocycles. The van der Waals surface area contributed by atoms with Gasteiger partial charge in [-0.15, -0.1) is 0 Å². The van der Waals surface area contributed by atoms with Crippen molar-refractivity contribution in [3.05, 3.63) is 28.8 Å². The summed E-state index contributed by atoms with van der Waals surface area (Å²) in [7, 11) is 0. The Labute approximate surface area is 141 Å². The SMILES string of the molecule is CC(=O)c1ccc(NC(=O)[C@H](C(C)C)N2CCCC2=O)cc1Cl. The number of anilines is 1. The smallest absolute Gasteiger partial charge is 0.247 e. The summed E-state index contributed by atoms with van der Waals surface area (Å²) >= 11 is 6.06. The summed E-state index contributed by atoms with van der Waals surface area (Å²) < 4.78 is 0. The molecule has 1 fully saturated rings. The van der Waals surface area contributed by atoms with Crippen LogP contribution in [0.3, 0.4) is 0 Å². The Morgan fingerprint density at radius 3 is 2.48 bits per heavy atom. The van der Waals surface area contributed by atoms with E-state index < -0.39 is 6.04 Å². The zero-order valence-corrected chi connectivity index (χ0v) is 14.3. The van der Waals surface area contributed by atoms with E-state index in [1.54, 1.807) is 23.1 Å². The number of hydrogen-bond donors (Lipinski definition) is 1. The first-order chi connectivity index (χ1) is 10.8. The molecule has 1 aliphatic rings. The van der Waals surface area contributed by atoms with Crippen LogP contribution in [-0.2, 0) is 9.59 Å². The third-order valence-electron chi connectivity index (χ3n) is 3.96. The highest BCUT2D eigenvalue weighted by Gasteiger charge is 2.34. The lowest BCUT2D eigenvalue weighted by Gasteiger charge is -2.29. The van der Waals surface area contributed by atoms with Crippen molar-refractivity contribution in [3.63, 3.8) is 0 Å². The van der Waals surface area contributed by atoms with Gasteiger partial charge in [0.2, 0.25) is 11.8 Å². The molecule has 2 rings (SSSR count). The molecule has 1 aromatic carbocycles. The van der Waals surface area contributed by atoms with E-state index in [9.17, 15) is 14.4 Å². The fourth-order valence-electron chi connectivity index (χ4n) is 2.86. The molecule has 5 nitrogen and oxygen atoms in total. The molecule has 2 amide bonds. The predicted octanol–water partition coefficient (Wildman–Crippen LogP) is 3.13. The lowest BCUT2D eigenvalue weighted by molar-refractivity contribution is -0.136. The summed E-state index contributed by atoms with van der Waals surface area (Å²) in [6, 6.07) is 4.28. The van der Waals surface area contributed by atoms with E-state index >= 15 is 0 Å². The number of likely N-dealkylation sites (tertiary alicyclic amines) is 1. The highest BCUT2D eigenvalue weighted by Crippen LogP contribution is 2.24. The number of hydrogen-bond acceptors (Lipinski definition) is 3. The van der Waals surface area contributed by atoms with E-state index in [2.05, 4.69) is 5.32 Å². The molecule has 0 aliphatic carbocycles. The van der Waals surface area contributed by atoms with Crippen molar-refractivity contribution in [1.29, 1.82) is 0 Å². The number of carbonyl (C=O) groups excluding carboxylic acids is 3. The topological polar surface area (TPSA) is 66.5 Å². The fraction of sp³-hybridized carbons (Fsp3) is 0.471. The molecule has 1 aliphatic heterocycles. The first-order valence-electron chi connectivity index (χ1n) is 7.72. The molecule has 124 valence electrons. The Bertz CT molecular complexity index is 643. The van der Waals surface area contributed by atoms with Crippen LogP contribution in [-0.4, -0.2) is 35.1 Å². The van der Waals surface area contributed by atoms with E-state index in [4.69, 9.17) is 11.6 Å². The standard InChI is InChI=1S/C17H21ClN2O3/c1-10(2)16(20-8-4-5-15(20)22)17(23)19-12-6-7-13(11(3)21)14(18)9-12/h6-7,9-10,16H,4-5,8H2,1-3H3,(H,19,23)/t16-/m0/s1. The number of halogens is 1. The van der Waals surface area contributed by atoms with Crippen LogP contribution >= 0.6 is 11.6 Å². The predicted molar refractivity (Wildman–Crippen MR) is 89.7 cm³/mol. The van der Waals surface area contributed by atoms with Crippen molar-refractivity contribution in [2.24, 2.45) is 5.92 Å². The van der Waals surface area contributed by atoms with Gasteiger partial charge < -0.3 is 10.2 Å². The lowest BCUT2D eigenvalue weighted by Crippen LogP contribution is -2.47. The zero-order chi connectivity index (χ0) is 17.1. The second-order valence-corrected chi connectivity index (χ2v) is 6.53. The van der Waals surface area contributed by atoms with Gasteiger partial charge in [0.15, 0.2) is 5.78 Å². The maximum absolute atomic E-state index is 12.6. The number of Topliss-reactive ketones (excluding diaryl/α,β-unsaturated/α-hetero) is 1. The van der Waals surface area contributed by atoms with Crippen LogP contribution in [0.1, 0.15) is 44.0 Å². The van der Waals surface area contributed by atoms with Crippen LogP contribution in [0.5, 0.6) is 0 Å². The summed E-state index contributed by atoms with van der Waals surface area (Å²) in [6.07, 6.45) is 1.28. The van der Waals surface area contributed by atoms with Gasteiger partial charge in [-0.3, -0.25) is 14.4 Å². The summed E-state index contributed by atoms with van der Waals surface area (Å²) in [5, 5.41) is 3.10. The largest absolute Gasteiger partial charge is 0.330 e. The average molecular weight is 337 g/mol. The van der Waals surface area contributed by atoms with Gasteiger partial charge in [0.05, 0.1) is 5.02 Å². The molecule has 0 spiro atoms. The number of carbonyl (C=O) groups is 3. The van der Waals surface area contributed by atoms with Crippen LogP contribution in [0.15, 0.2) is 18.2 Å². The Balaban J connectivity index is 2.17. The van der Waals surface area contributed by atoms with E-state index in [0.29, 0.717) is 29.2 Å². The van der Waals surface area contributed by atoms with Crippen LogP contribution in [0.25, 0.3) is 0 Å². The lowest BCUT2D eigenvalue weighted by atomic mass is 10.0. The van der Waals surface area contributed by atoms with E-state index in [0.717, 1.165) is 6.42 Å². The van der Waals surface area contributed by atoms with Crippen LogP contribution in [0, 0.1) is 5.92 Å². The van der Waals surface area contributed by atoms with Crippen molar-refractivity contribution in [3.8, 4) is 0 Å². The maximum Gasteiger partial charge on any atom is 0.247 e. The minimum atomic E-state index is -0.503. The molecule has 0 radical (unpaired) electrons. The minimum absolute atomic E-state index is 0.00372. The number of nitrogens with one attached hydrogen (secondary N) is 1. The highest BCUT2D eigenvalue weighted by molar-refractivity contribution is 6.34. The Kier molecular flexibility index (Phi) is 5.42. The van der Waals surface area contributed by atoms with E-state index in [-0.39, 0.29) is 23.5 Å². The molecule has 1 atom stereocenters. The normalized spacial score (nSPS) is 15.9. The number of benzene rings is 1. The minimum Gasteiger partial charge on any atom is -0.330 e. The first kappa shape index (κ1) is 17.5. The van der Waals surface area contributed by atoms with Crippen molar-refractivity contribution < 1.29 is 14.4 Å². The summed E-state index contributed by atoms with van der Waals surface area (Å²) in [4.78, 5) is 37.6. The van der Waals surface area contributed by atoms with Gasteiger partial charge in [-0.25, -0.2) is 0 Å². The van der Waals surface area contributed by atoms with E-state index in [1.165, 1.54) is 6.92 Å². The average Bonchev–Trinajstić information content (AvgIpc) is 2.84. The van der Waals surface area contributed by atoms with Gasteiger partial charge >= 0.3 is 0 Å². The van der Waals surface area contributed by atoms with Gasteiger partial charge in [-0.1, -0.05) is 25.4 Å². The van der Waals surface area contributed by atoms with Gasteiger partial charge in [-0.05, 0) is 37.5 Å². The maximum atomic E-state index is 12.6. The number of nitrogens with zero attached hydrogens (tertiary/aromatic N) is 1. The monoisotopic (exact) mass is 336 g/mol. The molecule has 0 bridgehead atoms. The molecule has 23 heavy (non-hydrogen) atoms. The number of amides is 2. The van der Waals surface area contributed by atoms with Gasteiger partial charge in [0.25, 0.3) is 0 Å². The number of rotatable bonds is 5. The van der Waals surface area contributed by atoms with Gasteiger partial charge in [-0.2, -0.15) is 0 Å². The number of ketones is 1. The second kappa shape index (κ2) is 7.13. The fourth-order valence-corrected chi connectivity index (χ4v) is 3.18. The molecule has 1 saturated heterocycles. The first-order valence-corrected chi connectivity index (χ1v) is 8.10. The van der Waals surface area contributed by atoms with Crippen molar-refractivity contribution in [2.75, 3.05) is 11.9 Å². The molecule has 1 aromatic rings. The molecular weight excluding hydrogens is 316 g/mol. The Hall–Kier alpha value is -1.88. The summed E-state index contributed by atoms with van der Waals surface area (Å²) in [5.41, 5.74) is 0.932. The third kappa shape index (κ3) is 3.91. The Morgan fingerprint density at radius 1 is 1.30 bits per heavy atom. The van der Waals surface area contributed by atoms with Crippen molar-refractivity contribution in [2.45, 2.75) is 39.7 Å². The molecule has 0 saturated carbocycles. The van der Waals surface area contributed by atoms with E-state index in [1.807, 2.05) is 13.8 Å². The zero-order valence-electron chi connectivity index (χ0n) is 13.6. The van der Waals surface area contributed by atoms with Crippen LogP contribution in [0.2, 0.25) is 5.02 Å². The van der Waals surface area contributed by atoms with Crippen molar-refractivity contribution in [1.82, 2.24) is 4.90 Å². The van der Waals surface area contributed by atoms with Gasteiger partial charge in [0, 0.05) is 24.2 Å². The molecule has 1 N–H and O–H groups in total. The molecule has 0 aromatic heterocycles. The second-order valence-electron chi connectivity index (χ2n) is 6.12. The molecule has 0 unspecified atom stereocenters.